The molecule has 1 heterocycles. The first-order valence-electron chi connectivity index (χ1n) is 6.31. The van der Waals surface area contributed by atoms with Crippen molar-refractivity contribution in [3.63, 3.8) is 0 Å². The molecule has 2 unspecified atom stereocenters. The maximum atomic E-state index is 13.0. The Hall–Kier alpha value is -1.88. The number of nitrogen functional groups attached to an aromatic ring is 1. The fraction of sp³-hybridized carbons (Fsp3) is 0.200. The number of hydrogen-bond donors (Lipinski definition) is 1. The molecule has 104 valence electrons. The van der Waals surface area contributed by atoms with E-state index in [0.29, 0.717) is 10.6 Å². The lowest BCUT2D eigenvalue weighted by molar-refractivity contribution is 0.258. The van der Waals surface area contributed by atoms with Crippen molar-refractivity contribution in [1.29, 1.82) is 0 Å². The molecule has 0 aliphatic carbocycles. The standard InChI is InChI=1S/C15H14FNO2S/c16-11-5-6-15(13(17)8-11)20(18)9-12-7-10-3-1-2-4-14(10)19-12/h1-6,8,12H,7,9,17H2. The summed E-state index contributed by atoms with van der Waals surface area (Å²) in [6, 6.07) is 11.7. The molecule has 0 spiro atoms. The fourth-order valence-electron chi connectivity index (χ4n) is 2.33. The van der Waals surface area contributed by atoms with Crippen molar-refractivity contribution in [3.8, 4) is 5.75 Å². The summed E-state index contributed by atoms with van der Waals surface area (Å²) in [7, 11) is -1.30. The van der Waals surface area contributed by atoms with Crippen molar-refractivity contribution in [2.75, 3.05) is 11.5 Å². The second kappa shape index (κ2) is 5.25. The maximum Gasteiger partial charge on any atom is 0.125 e. The van der Waals surface area contributed by atoms with Crippen molar-refractivity contribution in [3.05, 3.63) is 53.8 Å². The van der Waals surface area contributed by atoms with Gasteiger partial charge >= 0.3 is 0 Å². The van der Waals surface area contributed by atoms with Gasteiger partial charge in [-0.1, -0.05) is 18.2 Å². The highest BCUT2D eigenvalue weighted by molar-refractivity contribution is 7.85. The zero-order valence-electron chi connectivity index (χ0n) is 10.7. The molecule has 2 aromatic rings. The summed E-state index contributed by atoms with van der Waals surface area (Å²) < 4.78 is 31.1. The number of para-hydroxylation sites is 1. The number of nitrogens with two attached hydrogens (primary N) is 1. The smallest absolute Gasteiger partial charge is 0.125 e. The van der Waals surface area contributed by atoms with E-state index in [0.717, 1.165) is 17.7 Å². The summed E-state index contributed by atoms with van der Waals surface area (Å²) in [5.74, 6) is 0.777. The van der Waals surface area contributed by atoms with Gasteiger partial charge in [0.2, 0.25) is 0 Å². The molecule has 1 aliphatic heterocycles. The molecule has 3 rings (SSSR count). The number of fused-ring (bicyclic) bond motifs is 1. The average Bonchev–Trinajstić information content (AvgIpc) is 2.80. The fourth-order valence-corrected chi connectivity index (χ4v) is 3.58. The van der Waals surface area contributed by atoms with Gasteiger partial charge in [0.05, 0.1) is 27.1 Å². The van der Waals surface area contributed by atoms with Gasteiger partial charge in [0, 0.05) is 6.42 Å². The summed E-state index contributed by atoms with van der Waals surface area (Å²) in [5.41, 5.74) is 7.05. The quantitative estimate of drug-likeness (QED) is 0.884. The monoisotopic (exact) mass is 291 g/mol. The minimum Gasteiger partial charge on any atom is -0.489 e. The van der Waals surface area contributed by atoms with Crippen LogP contribution in [0.1, 0.15) is 5.56 Å². The van der Waals surface area contributed by atoms with Crippen LogP contribution in [0.15, 0.2) is 47.4 Å². The van der Waals surface area contributed by atoms with Crippen LogP contribution in [0.3, 0.4) is 0 Å². The Morgan fingerprint density at radius 1 is 1.30 bits per heavy atom. The van der Waals surface area contributed by atoms with Gasteiger partial charge in [0.25, 0.3) is 0 Å². The van der Waals surface area contributed by atoms with Crippen LogP contribution in [0.5, 0.6) is 5.75 Å². The Labute approximate surface area is 119 Å². The van der Waals surface area contributed by atoms with Crippen LogP contribution in [0, 0.1) is 5.82 Å². The van der Waals surface area contributed by atoms with Gasteiger partial charge in [-0.2, -0.15) is 0 Å². The van der Waals surface area contributed by atoms with Gasteiger partial charge in [-0.25, -0.2) is 4.39 Å². The zero-order valence-corrected chi connectivity index (χ0v) is 11.5. The molecule has 0 amide bonds. The Bertz CT molecular complexity index is 650. The van der Waals surface area contributed by atoms with Crippen LogP contribution >= 0.6 is 0 Å². The van der Waals surface area contributed by atoms with E-state index in [1.807, 2.05) is 24.3 Å². The van der Waals surface area contributed by atoms with E-state index in [2.05, 4.69) is 0 Å². The van der Waals surface area contributed by atoms with Gasteiger partial charge in [-0.15, -0.1) is 0 Å². The summed E-state index contributed by atoms with van der Waals surface area (Å²) in [5, 5.41) is 0. The van der Waals surface area contributed by atoms with Gasteiger partial charge in [-0.05, 0) is 29.8 Å². The van der Waals surface area contributed by atoms with E-state index in [-0.39, 0.29) is 11.8 Å². The lowest BCUT2D eigenvalue weighted by Crippen LogP contribution is -2.22. The predicted molar refractivity (Wildman–Crippen MR) is 76.6 cm³/mol. The van der Waals surface area contributed by atoms with E-state index < -0.39 is 16.6 Å². The lowest BCUT2D eigenvalue weighted by atomic mass is 10.1. The third-order valence-electron chi connectivity index (χ3n) is 3.27. The highest BCUT2D eigenvalue weighted by Crippen LogP contribution is 2.29. The van der Waals surface area contributed by atoms with Crippen LogP contribution in [0.25, 0.3) is 0 Å². The van der Waals surface area contributed by atoms with E-state index in [1.54, 1.807) is 0 Å². The summed E-state index contributed by atoms with van der Waals surface area (Å²) >= 11 is 0. The number of ether oxygens (including phenoxy) is 1. The summed E-state index contributed by atoms with van der Waals surface area (Å²) in [4.78, 5) is 0.464. The minimum atomic E-state index is -1.30. The molecule has 0 saturated carbocycles. The van der Waals surface area contributed by atoms with Gasteiger partial charge in [0.15, 0.2) is 0 Å². The number of benzene rings is 2. The average molecular weight is 291 g/mol. The van der Waals surface area contributed by atoms with E-state index in [9.17, 15) is 8.60 Å². The van der Waals surface area contributed by atoms with Crippen LogP contribution in [0.4, 0.5) is 10.1 Å². The Morgan fingerprint density at radius 2 is 2.10 bits per heavy atom. The second-order valence-corrected chi connectivity index (χ2v) is 6.21. The lowest BCUT2D eigenvalue weighted by Gasteiger charge is -2.11. The number of anilines is 1. The highest BCUT2D eigenvalue weighted by Gasteiger charge is 2.25. The Morgan fingerprint density at radius 3 is 2.85 bits per heavy atom. The largest absolute Gasteiger partial charge is 0.489 e. The van der Waals surface area contributed by atoms with Crippen LogP contribution in [-0.2, 0) is 17.2 Å². The molecule has 5 heteroatoms. The molecular formula is C15H14FNO2S. The van der Waals surface area contributed by atoms with Gasteiger partial charge in [-0.3, -0.25) is 4.21 Å². The van der Waals surface area contributed by atoms with Crippen LogP contribution < -0.4 is 10.5 Å². The van der Waals surface area contributed by atoms with E-state index in [1.165, 1.54) is 18.2 Å². The first-order valence-corrected chi connectivity index (χ1v) is 7.63. The Balaban J connectivity index is 1.72. The van der Waals surface area contributed by atoms with Crippen LogP contribution in [-0.4, -0.2) is 16.1 Å². The number of hydrogen-bond acceptors (Lipinski definition) is 3. The third kappa shape index (κ3) is 2.54. The van der Waals surface area contributed by atoms with Crippen molar-refractivity contribution in [2.45, 2.75) is 17.4 Å². The second-order valence-electron chi connectivity index (χ2n) is 4.75. The first kappa shape index (κ1) is 13.1. The molecule has 3 nitrogen and oxygen atoms in total. The van der Waals surface area contributed by atoms with Gasteiger partial charge < -0.3 is 10.5 Å². The van der Waals surface area contributed by atoms with Crippen molar-refractivity contribution < 1.29 is 13.3 Å². The molecule has 0 aromatic heterocycles. The zero-order chi connectivity index (χ0) is 14.1. The molecule has 20 heavy (non-hydrogen) atoms. The topological polar surface area (TPSA) is 52.3 Å². The summed E-state index contributed by atoms with van der Waals surface area (Å²) in [6.07, 6.45) is 0.612. The van der Waals surface area contributed by atoms with E-state index in [4.69, 9.17) is 10.5 Å². The first-order chi connectivity index (χ1) is 9.63. The predicted octanol–water partition coefficient (Wildman–Crippen LogP) is 2.52. The van der Waals surface area contributed by atoms with Crippen molar-refractivity contribution in [1.82, 2.24) is 0 Å². The third-order valence-corrected chi connectivity index (χ3v) is 4.81. The molecule has 0 bridgehead atoms. The van der Waals surface area contributed by atoms with Gasteiger partial charge in [0.1, 0.15) is 17.7 Å². The molecule has 1 aliphatic rings. The van der Waals surface area contributed by atoms with Crippen LogP contribution in [0.2, 0.25) is 0 Å². The minimum absolute atomic E-state index is 0.127. The SMILES string of the molecule is Nc1cc(F)ccc1S(=O)CC1Cc2ccccc2O1. The Kier molecular flexibility index (Phi) is 3.44. The maximum absolute atomic E-state index is 13.0. The molecule has 0 fully saturated rings. The highest BCUT2D eigenvalue weighted by atomic mass is 32.2. The molecule has 2 aromatic carbocycles. The van der Waals surface area contributed by atoms with Crippen molar-refractivity contribution in [2.24, 2.45) is 0 Å². The van der Waals surface area contributed by atoms with E-state index >= 15 is 0 Å². The number of rotatable bonds is 3. The molecule has 2 atom stereocenters. The molecule has 0 saturated heterocycles. The molecule has 2 N–H and O–H groups in total. The number of halogens is 1. The summed E-state index contributed by atoms with van der Waals surface area (Å²) in [6.45, 7) is 0. The van der Waals surface area contributed by atoms with Crippen molar-refractivity contribution >= 4 is 16.5 Å². The normalized spacial score (nSPS) is 18.4. The molecular weight excluding hydrogens is 277 g/mol. The molecule has 0 radical (unpaired) electrons.